The molecular formula is C21H28N6O2. The monoisotopic (exact) mass is 396 g/mol. The Hall–Kier alpha value is -2.87. The molecule has 3 aromatic rings. The number of H-pyrrole nitrogens is 1. The minimum Gasteiger partial charge on any atom is -0.494 e. The number of methoxy groups -OCH3 is 2. The van der Waals surface area contributed by atoms with Gasteiger partial charge in [-0.05, 0) is 25.3 Å². The first-order valence-electron chi connectivity index (χ1n) is 10.2. The normalized spacial score (nSPS) is 14.7. The molecular weight excluding hydrogens is 368 g/mol. The Morgan fingerprint density at radius 3 is 2.72 bits per heavy atom. The number of aromatic amines is 1. The molecule has 8 nitrogen and oxygen atoms in total. The van der Waals surface area contributed by atoms with Gasteiger partial charge in [0, 0.05) is 30.7 Å². The average Bonchev–Trinajstić information content (AvgIpc) is 3.46. The summed E-state index contributed by atoms with van der Waals surface area (Å²) >= 11 is 0. The van der Waals surface area contributed by atoms with Crippen LogP contribution in [0.3, 0.4) is 0 Å². The van der Waals surface area contributed by atoms with Crippen molar-refractivity contribution in [3.05, 3.63) is 30.2 Å². The number of rotatable bonds is 10. The number of aromatic nitrogens is 4. The van der Waals surface area contributed by atoms with E-state index in [2.05, 4.69) is 37.7 Å². The van der Waals surface area contributed by atoms with Crippen LogP contribution in [0.2, 0.25) is 0 Å². The summed E-state index contributed by atoms with van der Waals surface area (Å²) in [7, 11) is 3.39. The lowest BCUT2D eigenvalue weighted by Crippen LogP contribution is -2.05. The number of hydrogen-bond acceptors (Lipinski definition) is 7. The van der Waals surface area contributed by atoms with E-state index in [4.69, 9.17) is 9.47 Å². The number of hydrogen-bond donors (Lipinski definition) is 3. The van der Waals surface area contributed by atoms with Gasteiger partial charge in [-0.25, -0.2) is 9.97 Å². The number of nitrogens with one attached hydrogen (secondary N) is 3. The van der Waals surface area contributed by atoms with E-state index in [-0.39, 0.29) is 6.10 Å². The molecule has 1 fully saturated rings. The summed E-state index contributed by atoms with van der Waals surface area (Å²) in [4.78, 5) is 8.65. The molecule has 0 radical (unpaired) electrons. The number of nitrogens with zero attached hydrogens (tertiary/aromatic N) is 3. The van der Waals surface area contributed by atoms with E-state index in [9.17, 15) is 0 Å². The standard InChI is InChI=1S/C21H28N6O2/c1-4-5-6-17(28-2)21-14-9-16(18(29-3)10-15(14)26-27-21)25-20-11-19(22-12-23-20)24-13-7-8-13/h9-13,17H,4-8H2,1-3H3,(H,26,27)(H2,22,23,24,25). The minimum absolute atomic E-state index is 0.0189. The number of ether oxygens (including phenoxy) is 2. The molecule has 1 saturated carbocycles. The molecule has 154 valence electrons. The molecule has 4 rings (SSSR count). The van der Waals surface area contributed by atoms with Crippen LogP contribution in [0, 0.1) is 0 Å². The van der Waals surface area contributed by atoms with Crippen molar-refractivity contribution in [2.24, 2.45) is 0 Å². The van der Waals surface area contributed by atoms with E-state index in [1.807, 2.05) is 18.2 Å². The Labute approximate surface area is 170 Å². The average molecular weight is 396 g/mol. The zero-order chi connectivity index (χ0) is 20.2. The Bertz CT molecular complexity index is 969. The van der Waals surface area contributed by atoms with Crippen LogP contribution in [0.4, 0.5) is 17.3 Å². The lowest BCUT2D eigenvalue weighted by molar-refractivity contribution is 0.0911. The molecule has 0 saturated heterocycles. The predicted molar refractivity (Wildman–Crippen MR) is 114 cm³/mol. The van der Waals surface area contributed by atoms with Crippen LogP contribution in [0.15, 0.2) is 24.5 Å². The third-order valence-corrected chi connectivity index (χ3v) is 5.19. The summed E-state index contributed by atoms with van der Waals surface area (Å²) in [5.41, 5.74) is 2.66. The van der Waals surface area contributed by atoms with Gasteiger partial charge in [0.25, 0.3) is 0 Å². The summed E-state index contributed by atoms with van der Waals surface area (Å²) in [5.74, 6) is 2.24. The van der Waals surface area contributed by atoms with Crippen molar-refractivity contribution in [3.8, 4) is 5.75 Å². The maximum atomic E-state index is 5.73. The van der Waals surface area contributed by atoms with E-state index >= 15 is 0 Å². The third-order valence-electron chi connectivity index (χ3n) is 5.19. The fourth-order valence-electron chi connectivity index (χ4n) is 3.42. The molecule has 1 aliphatic rings. The zero-order valence-corrected chi connectivity index (χ0v) is 17.2. The Kier molecular flexibility index (Phi) is 5.80. The Balaban J connectivity index is 1.65. The van der Waals surface area contributed by atoms with E-state index in [0.29, 0.717) is 17.6 Å². The van der Waals surface area contributed by atoms with Gasteiger partial charge in [-0.1, -0.05) is 19.8 Å². The van der Waals surface area contributed by atoms with Crippen LogP contribution < -0.4 is 15.4 Å². The van der Waals surface area contributed by atoms with Crippen molar-refractivity contribution < 1.29 is 9.47 Å². The largest absolute Gasteiger partial charge is 0.494 e. The summed E-state index contributed by atoms with van der Waals surface area (Å²) in [6, 6.07) is 6.42. The fourth-order valence-corrected chi connectivity index (χ4v) is 3.42. The van der Waals surface area contributed by atoms with Gasteiger partial charge in [0.1, 0.15) is 23.7 Å². The van der Waals surface area contributed by atoms with Crippen LogP contribution >= 0.6 is 0 Å². The second-order valence-corrected chi connectivity index (χ2v) is 7.41. The van der Waals surface area contributed by atoms with E-state index in [0.717, 1.165) is 47.4 Å². The first-order chi connectivity index (χ1) is 14.2. The zero-order valence-electron chi connectivity index (χ0n) is 17.2. The van der Waals surface area contributed by atoms with E-state index in [1.165, 1.54) is 12.8 Å². The summed E-state index contributed by atoms with van der Waals surface area (Å²) in [5, 5.41) is 15.4. The predicted octanol–water partition coefficient (Wildman–Crippen LogP) is 4.56. The van der Waals surface area contributed by atoms with Crippen molar-refractivity contribution in [2.45, 2.75) is 51.2 Å². The smallest absolute Gasteiger partial charge is 0.144 e. The highest BCUT2D eigenvalue weighted by molar-refractivity contribution is 5.89. The maximum absolute atomic E-state index is 5.73. The van der Waals surface area contributed by atoms with E-state index in [1.54, 1.807) is 20.5 Å². The number of unbranched alkanes of at least 4 members (excludes halogenated alkanes) is 1. The van der Waals surface area contributed by atoms with Gasteiger partial charge in [-0.2, -0.15) is 5.10 Å². The quantitative estimate of drug-likeness (QED) is 0.462. The van der Waals surface area contributed by atoms with Crippen molar-refractivity contribution >= 4 is 28.2 Å². The van der Waals surface area contributed by atoms with Crippen LogP contribution in [0.5, 0.6) is 5.75 Å². The first kappa shape index (κ1) is 19.4. The van der Waals surface area contributed by atoms with Crippen molar-refractivity contribution in [1.29, 1.82) is 0 Å². The molecule has 1 atom stereocenters. The molecule has 1 unspecified atom stereocenters. The Morgan fingerprint density at radius 1 is 1.17 bits per heavy atom. The molecule has 2 aromatic heterocycles. The molecule has 0 spiro atoms. The number of benzene rings is 1. The van der Waals surface area contributed by atoms with Gasteiger partial charge in [0.15, 0.2) is 0 Å². The van der Waals surface area contributed by atoms with Gasteiger partial charge < -0.3 is 20.1 Å². The summed E-state index contributed by atoms with van der Waals surface area (Å²) < 4.78 is 11.3. The molecule has 2 heterocycles. The molecule has 8 heteroatoms. The number of fused-ring (bicyclic) bond motifs is 1. The molecule has 0 bridgehead atoms. The second-order valence-electron chi connectivity index (χ2n) is 7.41. The van der Waals surface area contributed by atoms with Gasteiger partial charge in [0.05, 0.1) is 30.1 Å². The second kappa shape index (κ2) is 8.65. The first-order valence-corrected chi connectivity index (χ1v) is 10.2. The highest BCUT2D eigenvalue weighted by Gasteiger charge is 2.22. The fraction of sp³-hybridized carbons (Fsp3) is 0.476. The number of anilines is 3. The molecule has 29 heavy (non-hydrogen) atoms. The van der Waals surface area contributed by atoms with Crippen molar-refractivity contribution in [2.75, 3.05) is 24.9 Å². The highest BCUT2D eigenvalue weighted by atomic mass is 16.5. The van der Waals surface area contributed by atoms with Crippen LogP contribution in [-0.2, 0) is 4.74 Å². The summed E-state index contributed by atoms with van der Waals surface area (Å²) in [6.07, 6.45) is 7.09. The lowest BCUT2D eigenvalue weighted by Gasteiger charge is -2.15. The van der Waals surface area contributed by atoms with Crippen LogP contribution in [0.25, 0.3) is 10.9 Å². The SMILES string of the molecule is CCCCC(OC)c1[nH]nc2cc(OC)c(Nc3cc(NC4CC4)ncn3)cc12. The molecule has 1 aromatic carbocycles. The van der Waals surface area contributed by atoms with E-state index < -0.39 is 0 Å². The highest BCUT2D eigenvalue weighted by Crippen LogP contribution is 2.36. The molecule has 3 N–H and O–H groups in total. The molecule has 0 amide bonds. The minimum atomic E-state index is -0.0189. The van der Waals surface area contributed by atoms with Crippen LogP contribution in [-0.4, -0.2) is 40.4 Å². The lowest BCUT2D eigenvalue weighted by atomic mass is 10.0. The van der Waals surface area contributed by atoms with Crippen molar-refractivity contribution in [1.82, 2.24) is 20.2 Å². The summed E-state index contributed by atoms with van der Waals surface area (Å²) in [6.45, 7) is 2.18. The molecule has 0 aliphatic heterocycles. The van der Waals surface area contributed by atoms with Gasteiger partial charge in [0.2, 0.25) is 0 Å². The van der Waals surface area contributed by atoms with Crippen molar-refractivity contribution in [3.63, 3.8) is 0 Å². The topological polar surface area (TPSA) is 97.0 Å². The van der Waals surface area contributed by atoms with Gasteiger partial charge in [-0.3, -0.25) is 5.10 Å². The Morgan fingerprint density at radius 2 is 2.00 bits per heavy atom. The third kappa shape index (κ3) is 4.42. The molecule has 1 aliphatic carbocycles. The van der Waals surface area contributed by atoms with Gasteiger partial charge >= 0.3 is 0 Å². The maximum Gasteiger partial charge on any atom is 0.144 e. The van der Waals surface area contributed by atoms with Crippen LogP contribution in [0.1, 0.15) is 50.8 Å². The van der Waals surface area contributed by atoms with Gasteiger partial charge in [-0.15, -0.1) is 0 Å².